The number of nitrogens with one attached hydrogen (secondary N) is 1. The third-order valence-corrected chi connectivity index (χ3v) is 4.41. The molecule has 2 aromatic carbocycles. The van der Waals surface area contributed by atoms with Crippen molar-refractivity contribution >= 4 is 5.78 Å². The standard InChI is InChI=1S/C19H20FNO/c20-18-9-7-16(8-10-18)19(22)6-3-12-21-13-11-15-4-1-2-5-17(15)14-21/h1-2,4-5,7-10H,3,6,11-14H2/p+1. The molecule has 1 aliphatic rings. The van der Waals surface area contributed by atoms with Gasteiger partial charge in [-0.1, -0.05) is 24.3 Å². The Balaban J connectivity index is 1.48. The van der Waals surface area contributed by atoms with Gasteiger partial charge in [-0.05, 0) is 29.8 Å². The zero-order valence-electron chi connectivity index (χ0n) is 12.6. The minimum absolute atomic E-state index is 0.108. The molecule has 0 aromatic heterocycles. The Hall–Kier alpha value is -2.00. The molecule has 1 N–H and O–H groups in total. The summed E-state index contributed by atoms with van der Waals surface area (Å²) in [6.45, 7) is 3.21. The number of halogens is 1. The molecular weight excluding hydrogens is 277 g/mol. The average molecular weight is 298 g/mol. The Kier molecular flexibility index (Phi) is 4.64. The molecule has 1 heterocycles. The average Bonchev–Trinajstić information content (AvgIpc) is 2.55. The molecule has 0 bridgehead atoms. The van der Waals surface area contributed by atoms with Crippen LogP contribution in [0.3, 0.4) is 0 Å². The van der Waals surface area contributed by atoms with Gasteiger partial charge >= 0.3 is 0 Å². The molecule has 22 heavy (non-hydrogen) atoms. The van der Waals surface area contributed by atoms with Crippen molar-refractivity contribution in [3.63, 3.8) is 0 Å². The van der Waals surface area contributed by atoms with Crippen molar-refractivity contribution in [1.29, 1.82) is 0 Å². The number of rotatable bonds is 5. The number of Topliss-reactive ketones (excluding diaryl/α,β-unsaturated/α-hetero) is 1. The number of carbonyl (C=O) groups is 1. The van der Waals surface area contributed by atoms with Crippen molar-refractivity contribution in [3.8, 4) is 0 Å². The van der Waals surface area contributed by atoms with E-state index in [1.165, 1.54) is 23.3 Å². The van der Waals surface area contributed by atoms with Crippen molar-refractivity contribution in [3.05, 3.63) is 71.0 Å². The van der Waals surface area contributed by atoms with E-state index >= 15 is 0 Å². The molecule has 0 saturated carbocycles. The second-order valence-electron chi connectivity index (χ2n) is 5.98. The summed E-state index contributed by atoms with van der Waals surface area (Å²) < 4.78 is 12.9. The highest BCUT2D eigenvalue weighted by Crippen LogP contribution is 2.11. The summed E-state index contributed by atoms with van der Waals surface area (Å²) in [7, 11) is 0. The van der Waals surface area contributed by atoms with Gasteiger partial charge in [-0.2, -0.15) is 0 Å². The fourth-order valence-corrected chi connectivity index (χ4v) is 3.14. The van der Waals surface area contributed by atoms with Gasteiger partial charge in [0.05, 0.1) is 13.1 Å². The molecule has 1 aliphatic heterocycles. The third kappa shape index (κ3) is 3.60. The first-order chi connectivity index (χ1) is 10.7. The normalized spacial score (nSPS) is 17.0. The van der Waals surface area contributed by atoms with Crippen molar-refractivity contribution < 1.29 is 14.1 Å². The Labute approximate surface area is 130 Å². The van der Waals surface area contributed by atoms with Crippen LogP contribution in [0.25, 0.3) is 0 Å². The van der Waals surface area contributed by atoms with Crippen LogP contribution in [0.2, 0.25) is 0 Å². The molecule has 0 amide bonds. The number of ketones is 1. The molecule has 3 heteroatoms. The monoisotopic (exact) mass is 298 g/mol. The summed E-state index contributed by atoms with van der Waals surface area (Å²) in [6.07, 6.45) is 2.54. The molecule has 0 spiro atoms. The van der Waals surface area contributed by atoms with Gasteiger partial charge in [-0.15, -0.1) is 0 Å². The van der Waals surface area contributed by atoms with Crippen molar-refractivity contribution in [2.24, 2.45) is 0 Å². The fraction of sp³-hybridized carbons (Fsp3) is 0.316. The van der Waals surface area contributed by atoms with Gasteiger partial charge in [0, 0.05) is 30.4 Å². The molecule has 0 aliphatic carbocycles. The summed E-state index contributed by atoms with van der Waals surface area (Å²) in [5.41, 5.74) is 3.52. The summed E-state index contributed by atoms with van der Waals surface area (Å²) in [5, 5.41) is 0. The molecule has 3 rings (SSSR count). The van der Waals surface area contributed by atoms with Crippen LogP contribution < -0.4 is 4.90 Å². The molecule has 114 valence electrons. The predicted octanol–water partition coefficient (Wildman–Crippen LogP) is 2.43. The van der Waals surface area contributed by atoms with Crippen LogP contribution in [0.4, 0.5) is 4.39 Å². The zero-order valence-corrected chi connectivity index (χ0v) is 12.6. The van der Waals surface area contributed by atoms with Crippen molar-refractivity contribution in [2.45, 2.75) is 25.8 Å². The second-order valence-corrected chi connectivity index (χ2v) is 5.98. The minimum atomic E-state index is -0.298. The lowest BCUT2D eigenvalue weighted by Crippen LogP contribution is -3.11. The van der Waals surface area contributed by atoms with Crippen LogP contribution in [0.5, 0.6) is 0 Å². The van der Waals surface area contributed by atoms with Crippen LogP contribution >= 0.6 is 0 Å². The van der Waals surface area contributed by atoms with E-state index in [1.807, 2.05) is 0 Å². The van der Waals surface area contributed by atoms with E-state index in [9.17, 15) is 9.18 Å². The zero-order chi connectivity index (χ0) is 15.4. The maximum Gasteiger partial charge on any atom is 0.163 e. The maximum absolute atomic E-state index is 12.9. The summed E-state index contributed by atoms with van der Waals surface area (Å²) in [4.78, 5) is 13.6. The molecule has 0 saturated heterocycles. The lowest BCUT2D eigenvalue weighted by molar-refractivity contribution is -0.916. The lowest BCUT2D eigenvalue weighted by Gasteiger charge is -2.25. The van der Waals surface area contributed by atoms with Crippen LogP contribution in [0, 0.1) is 5.82 Å². The van der Waals surface area contributed by atoms with Crippen LogP contribution in [-0.4, -0.2) is 18.9 Å². The second kappa shape index (κ2) is 6.84. The molecule has 1 unspecified atom stereocenters. The lowest BCUT2D eigenvalue weighted by atomic mass is 9.99. The van der Waals surface area contributed by atoms with Gasteiger partial charge < -0.3 is 4.90 Å². The third-order valence-electron chi connectivity index (χ3n) is 4.41. The van der Waals surface area contributed by atoms with E-state index in [0.717, 1.165) is 32.5 Å². The van der Waals surface area contributed by atoms with Crippen molar-refractivity contribution in [1.82, 2.24) is 0 Å². The summed E-state index contributed by atoms with van der Waals surface area (Å²) in [6, 6.07) is 14.5. The highest BCUT2D eigenvalue weighted by Gasteiger charge is 2.18. The predicted molar refractivity (Wildman–Crippen MR) is 84.5 cm³/mol. The number of benzene rings is 2. The highest BCUT2D eigenvalue weighted by atomic mass is 19.1. The Morgan fingerprint density at radius 3 is 2.55 bits per heavy atom. The summed E-state index contributed by atoms with van der Waals surface area (Å²) in [5.74, 6) is -0.190. The molecule has 1 atom stereocenters. The Morgan fingerprint density at radius 1 is 1.05 bits per heavy atom. The van der Waals surface area contributed by atoms with Gasteiger partial charge in [-0.3, -0.25) is 4.79 Å². The topological polar surface area (TPSA) is 21.5 Å². The van der Waals surface area contributed by atoms with Gasteiger partial charge in [0.1, 0.15) is 12.4 Å². The van der Waals surface area contributed by atoms with Gasteiger partial charge in [0.15, 0.2) is 5.78 Å². The molecule has 2 aromatic rings. The maximum atomic E-state index is 12.9. The highest BCUT2D eigenvalue weighted by molar-refractivity contribution is 5.95. The van der Waals surface area contributed by atoms with E-state index in [4.69, 9.17) is 0 Å². The van der Waals surface area contributed by atoms with Crippen LogP contribution in [0.1, 0.15) is 34.3 Å². The first-order valence-corrected chi connectivity index (χ1v) is 7.91. The number of fused-ring (bicyclic) bond motifs is 1. The van der Waals surface area contributed by atoms with Gasteiger partial charge in [-0.25, -0.2) is 4.39 Å². The Morgan fingerprint density at radius 2 is 1.77 bits per heavy atom. The van der Waals surface area contributed by atoms with E-state index in [0.29, 0.717) is 12.0 Å². The molecule has 0 fully saturated rings. The fourth-order valence-electron chi connectivity index (χ4n) is 3.14. The first kappa shape index (κ1) is 14.9. The van der Waals surface area contributed by atoms with Gasteiger partial charge in [0.2, 0.25) is 0 Å². The molecular formula is C19H21FNO+. The number of carbonyl (C=O) groups excluding carboxylic acids is 1. The van der Waals surface area contributed by atoms with E-state index < -0.39 is 0 Å². The Bertz CT molecular complexity index is 651. The van der Waals surface area contributed by atoms with E-state index in [-0.39, 0.29) is 11.6 Å². The summed E-state index contributed by atoms with van der Waals surface area (Å²) >= 11 is 0. The molecule has 0 radical (unpaired) electrons. The van der Waals surface area contributed by atoms with Crippen LogP contribution in [0.15, 0.2) is 48.5 Å². The minimum Gasteiger partial charge on any atom is -0.331 e. The van der Waals surface area contributed by atoms with Crippen molar-refractivity contribution in [2.75, 3.05) is 13.1 Å². The van der Waals surface area contributed by atoms with E-state index in [2.05, 4.69) is 24.3 Å². The van der Waals surface area contributed by atoms with E-state index in [1.54, 1.807) is 17.0 Å². The number of quaternary nitrogens is 1. The molecule has 2 nitrogen and oxygen atoms in total. The van der Waals surface area contributed by atoms with Crippen LogP contribution in [-0.2, 0) is 13.0 Å². The first-order valence-electron chi connectivity index (χ1n) is 7.91. The smallest absolute Gasteiger partial charge is 0.163 e. The SMILES string of the molecule is O=C(CCC[NH+]1CCc2ccccc2C1)c1ccc(F)cc1. The number of hydrogen-bond donors (Lipinski definition) is 1. The quantitative estimate of drug-likeness (QED) is 0.841. The number of hydrogen-bond acceptors (Lipinski definition) is 1. The van der Waals surface area contributed by atoms with Gasteiger partial charge in [0.25, 0.3) is 0 Å². The largest absolute Gasteiger partial charge is 0.331 e.